The topological polar surface area (TPSA) is 37.4 Å². The Morgan fingerprint density at radius 2 is 1.53 bits per heavy atom. The Bertz CT molecular complexity index is 249. The molecule has 3 heteroatoms. The third-order valence-corrected chi connectivity index (χ3v) is 3.50. The molecule has 0 aromatic rings. The minimum absolute atomic E-state index is 0.141. The van der Waals surface area contributed by atoms with Gasteiger partial charge in [0.15, 0.2) is 0 Å². The molecule has 17 heavy (non-hydrogen) atoms. The van der Waals surface area contributed by atoms with E-state index in [0.717, 1.165) is 19.3 Å². The van der Waals surface area contributed by atoms with Crippen molar-refractivity contribution in [3.05, 3.63) is 0 Å². The van der Waals surface area contributed by atoms with Crippen LogP contribution >= 0.6 is 0 Å². The van der Waals surface area contributed by atoms with E-state index < -0.39 is 0 Å². The zero-order chi connectivity index (χ0) is 13.5. The maximum Gasteiger partial charge on any atom is 0.226 e. The van der Waals surface area contributed by atoms with Crippen molar-refractivity contribution in [2.24, 2.45) is 0 Å². The van der Waals surface area contributed by atoms with Gasteiger partial charge in [-0.2, -0.15) is 0 Å². The van der Waals surface area contributed by atoms with Gasteiger partial charge in [-0.3, -0.25) is 14.5 Å². The molecule has 0 heterocycles. The van der Waals surface area contributed by atoms with Gasteiger partial charge < -0.3 is 0 Å². The van der Waals surface area contributed by atoms with Gasteiger partial charge in [-0.1, -0.05) is 39.5 Å². The molecule has 0 N–H and O–H groups in total. The smallest absolute Gasteiger partial charge is 0.226 e. The van der Waals surface area contributed by atoms with Gasteiger partial charge in [0.25, 0.3) is 0 Å². The molecule has 0 saturated heterocycles. The van der Waals surface area contributed by atoms with Gasteiger partial charge in [-0.05, 0) is 19.8 Å². The number of nitrogens with zero attached hydrogens (tertiary/aromatic N) is 1. The van der Waals surface area contributed by atoms with Crippen molar-refractivity contribution in [1.29, 1.82) is 0 Å². The van der Waals surface area contributed by atoms with Crippen LogP contribution in [-0.4, -0.2) is 22.3 Å². The van der Waals surface area contributed by atoms with Gasteiger partial charge in [0.1, 0.15) is 0 Å². The zero-order valence-electron chi connectivity index (χ0n) is 12.0. The Morgan fingerprint density at radius 3 is 1.88 bits per heavy atom. The summed E-state index contributed by atoms with van der Waals surface area (Å²) in [6, 6.07) is 0. The van der Waals surface area contributed by atoms with Crippen LogP contribution in [0.25, 0.3) is 0 Å². The number of hydrogen-bond acceptors (Lipinski definition) is 2. The summed E-state index contributed by atoms with van der Waals surface area (Å²) in [5.41, 5.74) is -0.314. The lowest BCUT2D eigenvalue weighted by molar-refractivity contribution is -0.149. The van der Waals surface area contributed by atoms with Crippen molar-refractivity contribution >= 4 is 11.8 Å². The van der Waals surface area contributed by atoms with Crippen LogP contribution < -0.4 is 0 Å². The number of unbranched alkanes of at least 4 members (excludes halogenated alkanes) is 3. The van der Waals surface area contributed by atoms with Crippen LogP contribution in [0.3, 0.4) is 0 Å². The Balaban J connectivity index is 4.61. The Labute approximate surface area is 106 Å². The molecule has 0 aromatic heterocycles. The van der Waals surface area contributed by atoms with Crippen LogP contribution in [-0.2, 0) is 9.59 Å². The third-order valence-electron chi connectivity index (χ3n) is 3.50. The fourth-order valence-electron chi connectivity index (χ4n) is 2.36. The van der Waals surface area contributed by atoms with Crippen molar-refractivity contribution in [1.82, 2.24) is 4.90 Å². The first kappa shape index (κ1) is 16.1. The molecule has 1 unspecified atom stereocenters. The lowest BCUT2D eigenvalue weighted by atomic mass is 9.89. The predicted octanol–water partition coefficient (Wildman–Crippen LogP) is 3.52. The lowest BCUT2D eigenvalue weighted by Crippen LogP contribution is -2.51. The van der Waals surface area contributed by atoms with E-state index in [1.54, 1.807) is 0 Å². The first-order valence-corrected chi connectivity index (χ1v) is 6.70. The molecule has 0 radical (unpaired) electrons. The molecule has 0 aliphatic heterocycles. The van der Waals surface area contributed by atoms with Crippen LogP contribution in [0, 0.1) is 0 Å². The number of amides is 2. The van der Waals surface area contributed by atoms with E-state index in [4.69, 9.17) is 0 Å². The maximum atomic E-state index is 11.6. The third kappa shape index (κ3) is 4.88. The molecule has 0 bridgehead atoms. The summed E-state index contributed by atoms with van der Waals surface area (Å²) in [7, 11) is 0. The Morgan fingerprint density at radius 1 is 1.00 bits per heavy atom. The molecule has 0 saturated carbocycles. The second kappa shape index (κ2) is 7.46. The van der Waals surface area contributed by atoms with Gasteiger partial charge in [0.2, 0.25) is 11.8 Å². The number of imide groups is 1. The van der Waals surface area contributed by atoms with Crippen molar-refractivity contribution in [2.75, 3.05) is 0 Å². The Hall–Kier alpha value is -0.860. The summed E-state index contributed by atoms with van der Waals surface area (Å²) >= 11 is 0. The standard InChI is InChI=1S/C14H27NO2/c1-6-8-9-10-11-14(5,7-2)15(12(3)16)13(4)17/h6-11H2,1-5H3. The molecule has 3 nitrogen and oxygen atoms in total. The fraction of sp³-hybridized carbons (Fsp3) is 0.857. The van der Waals surface area contributed by atoms with Crippen molar-refractivity contribution in [3.8, 4) is 0 Å². The molecule has 1 atom stereocenters. The fourth-order valence-corrected chi connectivity index (χ4v) is 2.36. The molecule has 100 valence electrons. The van der Waals surface area contributed by atoms with Gasteiger partial charge >= 0.3 is 0 Å². The average molecular weight is 241 g/mol. The van der Waals surface area contributed by atoms with Crippen LogP contribution in [0.1, 0.15) is 73.1 Å². The summed E-state index contributed by atoms with van der Waals surface area (Å²) < 4.78 is 0. The number of rotatable bonds is 7. The zero-order valence-corrected chi connectivity index (χ0v) is 12.0. The van der Waals surface area contributed by atoms with E-state index in [1.807, 2.05) is 13.8 Å². The van der Waals surface area contributed by atoms with Crippen LogP contribution in [0.4, 0.5) is 0 Å². The van der Waals surface area contributed by atoms with Crippen LogP contribution in [0.5, 0.6) is 0 Å². The average Bonchev–Trinajstić information content (AvgIpc) is 2.23. The summed E-state index contributed by atoms with van der Waals surface area (Å²) in [6.07, 6.45) is 6.40. The number of carbonyl (C=O) groups excluding carboxylic acids is 2. The highest BCUT2D eigenvalue weighted by Gasteiger charge is 2.34. The molecule has 0 rings (SSSR count). The molecule has 0 aliphatic carbocycles. The van der Waals surface area contributed by atoms with Gasteiger partial charge in [-0.15, -0.1) is 0 Å². The first-order chi connectivity index (χ1) is 7.89. The van der Waals surface area contributed by atoms with Gasteiger partial charge in [0, 0.05) is 19.4 Å². The summed E-state index contributed by atoms with van der Waals surface area (Å²) in [6.45, 7) is 9.18. The molecule has 0 spiro atoms. The first-order valence-electron chi connectivity index (χ1n) is 6.70. The van der Waals surface area contributed by atoms with E-state index in [-0.39, 0.29) is 17.4 Å². The number of carbonyl (C=O) groups is 2. The molecule has 0 aliphatic rings. The molecule has 0 fully saturated rings. The SMILES string of the molecule is CCCCCCC(C)(CC)N(C(C)=O)C(C)=O. The molecule has 0 aromatic carbocycles. The second-order valence-electron chi connectivity index (χ2n) is 5.03. The van der Waals surface area contributed by atoms with Gasteiger partial charge in [0.05, 0.1) is 0 Å². The summed E-state index contributed by atoms with van der Waals surface area (Å²) in [4.78, 5) is 24.6. The van der Waals surface area contributed by atoms with E-state index in [2.05, 4.69) is 6.92 Å². The van der Waals surface area contributed by atoms with E-state index in [1.165, 1.54) is 38.0 Å². The molecule has 2 amide bonds. The monoisotopic (exact) mass is 241 g/mol. The van der Waals surface area contributed by atoms with Crippen molar-refractivity contribution in [2.45, 2.75) is 78.7 Å². The predicted molar refractivity (Wildman–Crippen MR) is 70.7 cm³/mol. The van der Waals surface area contributed by atoms with Crippen LogP contribution in [0.15, 0.2) is 0 Å². The van der Waals surface area contributed by atoms with E-state index in [0.29, 0.717) is 0 Å². The maximum absolute atomic E-state index is 11.6. The highest BCUT2D eigenvalue weighted by molar-refractivity contribution is 5.93. The highest BCUT2D eigenvalue weighted by atomic mass is 16.2. The quantitative estimate of drug-likeness (QED) is 0.639. The molecular weight excluding hydrogens is 214 g/mol. The Kier molecular flexibility index (Phi) is 7.09. The van der Waals surface area contributed by atoms with Crippen molar-refractivity contribution < 1.29 is 9.59 Å². The van der Waals surface area contributed by atoms with Gasteiger partial charge in [-0.25, -0.2) is 0 Å². The minimum Gasteiger partial charge on any atom is -0.277 e. The minimum atomic E-state index is -0.314. The summed E-state index contributed by atoms with van der Waals surface area (Å²) in [5.74, 6) is -0.283. The largest absolute Gasteiger partial charge is 0.277 e. The van der Waals surface area contributed by atoms with Crippen LogP contribution in [0.2, 0.25) is 0 Å². The van der Waals surface area contributed by atoms with Crippen molar-refractivity contribution in [3.63, 3.8) is 0 Å². The normalized spacial score (nSPS) is 14.2. The second-order valence-corrected chi connectivity index (χ2v) is 5.03. The molecular formula is C14H27NO2. The number of hydrogen-bond donors (Lipinski definition) is 0. The van der Waals surface area contributed by atoms with E-state index in [9.17, 15) is 9.59 Å². The van der Waals surface area contributed by atoms with E-state index >= 15 is 0 Å². The summed E-state index contributed by atoms with van der Waals surface area (Å²) in [5, 5.41) is 0. The highest BCUT2D eigenvalue weighted by Crippen LogP contribution is 2.26. The lowest BCUT2D eigenvalue weighted by Gasteiger charge is -2.38.